The highest BCUT2D eigenvalue weighted by molar-refractivity contribution is 7.91. The van der Waals surface area contributed by atoms with Gasteiger partial charge in [-0.1, -0.05) is 30.3 Å². The first-order valence-corrected chi connectivity index (χ1v) is 8.32. The summed E-state index contributed by atoms with van der Waals surface area (Å²) in [4.78, 5) is 0.217. The molecule has 1 aliphatic rings. The highest BCUT2D eigenvalue weighted by atomic mass is 32.2. The Bertz CT molecular complexity index is 765. The molecule has 3 rings (SSSR count). The van der Waals surface area contributed by atoms with Gasteiger partial charge in [-0.25, -0.2) is 8.42 Å². The van der Waals surface area contributed by atoms with E-state index in [1.54, 1.807) is 55.6 Å². The largest absolute Gasteiger partial charge is 0.497 e. The van der Waals surface area contributed by atoms with Crippen LogP contribution in [0.3, 0.4) is 0 Å². The van der Waals surface area contributed by atoms with Crippen molar-refractivity contribution in [1.29, 1.82) is 0 Å². The summed E-state index contributed by atoms with van der Waals surface area (Å²) in [6.45, 7) is 0. The first-order chi connectivity index (χ1) is 9.97. The van der Waals surface area contributed by atoms with Gasteiger partial charge in [0.1, 0.15) is 11.4 Å². The van der Waals surface area contributed by atoms with E-state index in [0.29, 0.717) is 16.9 Å². The highest BCUT2D eigenvalue weighted by Gasteiger charge is 2.41. The van der Waals surface area contributed by atoms with Gasteiger partial charge < -0.3 is 9.84 Å². The lowest BCUT2D eigenvalue weighted by molar-refractivity contribution is 0.0717. The smallest absolute Gasteiger partial charge is 0.178 e. The summed E-state index contributed by atoms with van der Waals surface area (Å²) in [6, 6.07) is 13.7. The third-order valence-corrected chi connectivity index (χ3v) is 5.74. The lowest BCUT2D eigenvalue weighted by Gasteiger charge is -2.34. The molecule has 5 heteroatoms. The maximum absolute atomic E-state index is 12.2. The summed E-state index contributed by atoms with van der Waals surface area (Å²) in [5, 5.41) is 11.1. The third kappa shape index (κ3) is 2.22. The van der Waals surface area contributed by atoms with Crippen LogP contribution in [0, 0.1) is 0 Å². The molecule has 0 saturated heterocycles. The first kappa shape index (κ1) is 14.1. The summed E-state index contributed by atoms with van der Waals surface area (Å²) in [7, 11) is -1.74. The number of ether oxygens (including phenoxy) is 1. The number of hydrogen-bond donors (Lipinski definition) is 1. The van der Waals surface area contributed by atoms with Gasteiger partial charge in [0, 0.05) is 5.56 Å². The standard InChI is InChI=1S/C16H16O4S/c1-20-13-8-6-12(7-9-13)16(17)10-11-21(18,19)15-5-3-2-4-14(15)16/h2-9,17H,10-11H2,1H3. The summed E-state index contributed by atoms with van der Waals surface area (Å²) in [5.74, 6) is 0.631. The Kier molecular flexibility index (Phi) is 3.26. The zero-order valence-corrected chi connectivity index (χ0v) is 12.4. The maximum atomic E-state index is 12.2. The molecule has 1 aliphatic heterocycles. The number of aliphatic hydroxyl groups is 1. The van der Waals surface area contributed by atoms with E-state index in [9.17, 15) is 13.5 Å². The molecule has 0 spiro atoms. The summed E-state index contributed by atoms with van der Waals surface area (Å²) in [6.07, 6.45) is 0.151. The van der Waals surface area contributed by atoms with Crippen LogP contribution in [0.4, 0.5) is 0 Å². The zero-order chi connectivity index (χ0) is 15.1. The van der Waals surface area contributed by atoms with Gasteiger partial charge in [-0.05, 0) is 30.2 Å². The molecule has 0 radical (unpaired) electrons. The average Bonchev–Trinajstić information content (AvgIpc) is 2.52. The SMILES string of the molecule is COc1ccc(C2(O)CCS(=O)(=O)c3ccccc32)cc1. The van der Waals surface area contributed by atoms with E-state index >= 15 is 0 Å². The van der Waals surface area contributed by atoms with Gasteiger partial charge in [0.25, 0.3) is 0 Å². The Labute approximate surface area is 123 Å². The monoisotopic (exact) mass is 304 g/mol. The molecule has 0 aromatic heterocycles. The fourth-order valence-electron chi connectivity index (χ4n) is 2.77. The van der Waals surface area contributed by atoms with Crippen LogP contribution >= 0.6 is 0 Å². The highest BCUT2D eigenvalue weighted by Crippen LogP contribution is 2.41. The molecular weight excluding hydrogens is 288 g/mol. The zero-order valence-electron chi connectivity index (χ0n) is 11.6. The molecule has 0 bridgehead atoms. The van der Waals surface area contributed by atoms with Crippen molar-refractivity contribution >= 4 is 9.84 Å². The van der Waals surface area contributed by atoms with Crippen molar-refractivity contribution in [3.8, 4) is 5.75 Å². The Morgan fingerprint density at radius 2 is 1.76 bits per heavy atom. The minimum absolute atomic E-state index is 0.0630. The van der Waals surface area contributed by atoms with E-state index < -0.39 is 15.4 Å². The van der Waals surface area contributed by atoms with Crippen molar-refractivity contribution in [3.63, 3.8) is 0 Å². The van der Waals surface area contributed by atoms with Crippen LogP contribution in [-0.2, 0) is 15.4 Å². The summed E-state index contributed by atoms with van der Waals surface area (Å²) in [5.41, 5.74) is -0.166. The second-order valence-electron chi connectivity index (χ2n) is 5.15. The number of methoxy groups -OCH3 is 1. The fourth-order valence-corrected chi connectivity index (χ4v) is 4.41. The lowest BCUT2D eigenvalue weighted by atomic mass is 9.84. The van der Waals surface area contributed by atoms with Crippen LogP contribution in [0.5, 0.6) is 5.75 Å². The van der Waals surface area contributed by atoms with Gasteiger partial charge in [0.2, 0.25) is 0 Å². The molecule has 0 amide bonds. The molecule has 0 saturated carbocycles. The molecule has 1 atom stereocenters. The van der Waals surface area contributed by atoms with Gasteiger partial charge in [-0.15, -0.1) is 0 Å². The van der Waals surface area contributed by atoms with E-state index in [0.717, 1.165) is 0 Å². The van der Waals surface area contributed by atoms with Crippen molar-refractivity contribution in [1.82, 2.24) is 0 Å². The Morgan fingerprint density at radius 1 is 1.10 bits per heavy atom. The van der Waals surface area contributed by atoms with Gasteiger partial charge in [-0.2, -0.15) is 0 Å². The average molecular weight is 304 g/mol. The molecule has 0 fully saturated rings. The fraction of sp³-hybridized carbons (Fsp3) is 0.250. The molecule has 2 aromatic rings. The van der Waals surface area contributed by atoms with E-state index in [2.05, 4.69) is 0 Å². The number of rotatable bonds is 2. The predicted molar refractivity (Wildman–Crippen MR) is 79.1 cm³/mol. The lowest BCUT2D eigenvalue weighted by Crippen LogP contribution is -2.36. The Hall–Kier alpha value is -1.85. The molecule has 110 valence electrons. The van der Waals surface area contributed by atoms with Crippen LogP contribution in [0.1, 0.15) is 17.5 Å². The van der Waals surface area contributed by atoms with Crippen molar-refractivity contribution in [2.75, 3.05) is 12.9 Å². The van der Waals surface area contributed by atoms with Crippen molar-refractivity contribution in [2.24, 2.45) is 0 Å². The number of benzene rings is 2. The molecule has 1 unspecified atom stereocenters. The minimum atomic E-state index is -3.32. The van der Waals surface area contributed by atoms with Gasteiger partial charge >= 0.3 is 0 Å². The number of sulfone groups is 1. The van der Waals surface area contributed by atoms with Gasteiger partial charge in [0.05, 0.1) is 17.8 Å². The van der Waals surface area contributed by atoms with Crippen LogP contribution in [0.25, 0.3) is 0 Å². The quantitative estimate of drug-likeness (QED) is 0.923. The van der Waals surface area contributed by atoms with Gasteiger partial charge in [-0.3, -0.25) is 0 Å². The second kappa shape index (κ2) is 4.86. The van der Waals surface area contributed by atoms with E-state index in [-0.39, 0.29) is 17.1 Å². The molecule has 1 heterocycles. The minimum Gasteiger partial charge on any atom is -0.497 e. The normalized spacial score (nSPS) is 23.3. The molecule has 2 aromatic carbocycles. The molecule has 21 heavy (non-hydrogen) atoms. The van der Waals surface area contributed by atoms with Crippen LogP contribution in [0.15, 0.2) is 53.4 Å². The summed E-state index contributed by atoms with van der Waals surface area (Å²) < 4.78 is 29.4. The topological polar surface area (TPSA) is 63.6 Å². The van der Waals surface area contributed by atoms with E-state index in [4.69, 9.17) is 4.74 Å². The van der Waals surface area contributed by atoms with Gasteiger partial charge in [0.15, 0.2) is 9.84 Å². The molecule has 4 nitrogen and oxygen atoms in total. The van der Waals surface area contributed by atoms with Crippen LogP contribution < -0.4 is 4.74 Å². The summed E-state index contributed by atoms with van der Waals surface area (Å²) >= 11 is 0. The number of fused-ring (bicyclic) bond motifs is 1. The van der Waals surface area contributed by atoms with E-state index in [1.165, 1.54) is 0 Å². The predicted octanol–water partition coefficient (Wildman–Crippen LogP) is 2.11. The Balaban J connectivity index is 2.17. The molecule has 0 aliphatic carbocycles. The van der Waals surface area contributed by atoms with Crippen molar-refractivity contribution < 1.29 is 18.3 Å². The van der Waals surface area contributed by atoms with Crippen molar-refractivity contribution in [3.05, 3.63) is 59.7 Å². The van der Waals surface area contributed by atoms with Crippen molar-refractivity contribution in [2.45, 2.75) is 16.9 Å². The molecule has 1 N–H and O–H groups in total. The molecular formula is C16H16O4S. The third-order valence-electron chi connectivity index (χ3n) is 3.97. The maximum Gasteiger partial charge on any atom is 0.178 e. The van der Waals surface area contributed by atoms with E-state index in [1.807, 2.05) is 0 Å². The van der Waals surface area contributed by atoms with Crippen LogP contribution in [0.2, 0.25) is 0 Å². The second-order valence-corrected chi connectivity index (χ2v) is 7.23. The van der Waals surface area contributed by atoms with Crippen LogP contribution in [-0.4, -0.2) is 26.4 Å². The first-order valence-electron chi connectivity index (χ1n) is 6.66. The number of hydrogen-bond acceptors (Lipinski definition) is 4. The Morgan fingerprint density at radius 3 is 2.43 bits per heavy atom.